The van der Waals surface area contributed by atoms with Crippen molar-refractivity contribution in [1.82, 2.24) is 9.80 Å². The van der Waals surface area contributed by atoms with E-state index in [1.54, 1.807) is 0 Å². The minimum atomic E-state index is -0.0690. The van der Waals surface area contributed by atoms with Crippen LogP contribution < -0.4 is 0 Å². The molecule has 19 heavy (non-hydrogen) atoms. The Morgan fingerprint density at radius 2 is 1.21 bits per heavy atom. The average Bonchev–Trinajstić information content (AvgIpc) is 2.89. The SMILES string of the molecule is OC1CCCCCC1N1CCN(C2CCCC2)CC1. The quantitative estimate of drug-likeness (QED) is 0.777. The van der Waals surface area contributed by atoms with Gasteiger partial charge < -0.3 is 5.11 Å². The molecule has 110 valence electrons. The Hall–Kier alpha value is -0.120. The van der Waals surface area contributed by atoms with Crippen LogP contribution in [0.3, 0.4) is 0 Å². The summed E-state index contributed by atoms with van der Waals surface area (Å²) >= 11 is 0. The van der Waals surface area contributed by atoms with Crippen molar-refractivity contribution < 1.29 is 5.11 Å². The topological polar surface area (TPSA) is 26.7 Å². The maximum atomic E-state index is 10.3. The van der Waals surface area contributed by atoms with Gasteiger partial charge in [-0.25, -0.2) is 0 Å². The van der Waals surface area contributed by atoms with Crippen LogP contribution in [0.5, 0.6) is 0 Å². The molecular weight excluding hydrogens is 236 g/mol. The van der Waals surface area contributed by atoms with Gasteiger partial charge >= 0.3 is 0 Å². The molecule has 1 saturated heterocycles. The van der Waals surface area contributed by atoms with E-state index in [9.17, 15) is 5.11 Å². The number of nitrogens with zero attached hydrogens (tertiary/aromatic N) is 2. The van der Waals surface area contributed by atoms with Crippen LogP contribution in [0.2, 0.25) is 0 Å². The van der Waals surface area contributed by atoms with E-state index in [-0.39, 0.29) is 6.10 Å². The number of aliphatic hydroxyl groups excluding tert-OH is 1. The van der Waals surface area contributed by atoms with Crippen LogP contribution in [0.25, 0.3) is 0 Å². The van der Waals surface area contributed by atoms with E-state index in [4.69, 9.17) is 0 Å². The van der Waals surface area contributed by atoms with Gasteiger partial charge in [0.15, 0.2) is 0 Å². The van der Waals surface area contributed by atoms with Crippen LogP contribution in [0.1, 0.15) is 57.8 Å². The van der Waals surface area contributed by atoms with Crippen molar-refractivity contribution in [2.24, 2.45) is 0 Å². The lowest BCUT2D eigenvalue weighted by molar-refractivity contribution is 0.00678. The Morgan fingerprint density at radius 1 is 0.632 bits per heavy atom. The molecule has 1 heterocycles. The van der Waals surface area contributed by atoms with Crippen LogP contribution in [0.15, 0.2) is 0 Å². The summed E-state index contributed by atoms with van der Waals surface area (Å²) in [5.74, 6) is 0. The molecule has 3 heteroatoms. The summed E-state index contributed by atoms with van der Waals surface area (Å²) in [6, 6.07) is 1.33. The van der Waals surface area contributed by atoms with Gasteiger partial charge in [-0.15, -0.1) is 0 Å². The average molecular weight is 266 g/mol. The van der Waals surface area contributed by atoms with Crippen molar-refractivity contribution in [3.8, 4) is 0 Å². The number of rotatable bonds is 2. The summed E-state index contributed by atoms with van der Waals surface area (Å²) in [5, 5.41) is 10.3. The van der Waals surface area contributed by atoms with Crippen LogP contribution in [-0.2, 0) is 0 Å². The largest absolute Gasteiger partial charge is 0.391 e. The van der Waals surface area contributed by atoms with Gasteiger partial charge in [-0.05, 0) is 25.7 Å². The van der Waals surface area contributed by atoms with E-state index in [0.717, 1.165) is 12.5 Å². The van der Waals surface area contributed by atoms with E-state index in [0.29, 0.717) is 6.04 Å². The summed E-state index contributed by atoms with van der Waals surface area (Å²) in [5.41, 5.74) is 0. The molecule has 1 aliphatic heterocycles. The van der Waals surface area contributed by atoms with Crippen LogP contribution in [-0.4, -0.2) is 59.3 Å². The van der Waals surface area contributed by atoms with Gasteiger partial charge in [0.25, 0.3) is 0 Å². The normalized spacial score (nSPS) is 36.5. The molecule has 3 rings (SSSR count). The number of hydrogen-bond acceptors (Lipinski definition) is 3. The minimum absolute atomic E-state index is 0.0690. The third-order valence-electron chi connectivity index (χ3n) is 5.60. The van der Waals surface area contributed by atoms with E-state index in [1.807, 2.05) is 0 Å². The molecule has 0 aromatic heterocycles. The molecule has 3 fully saturated rings. The zero-order chi connectivity index (χ0) is 13.1. The molecule has 2 aliphatic carbocycles. The molecule has 2 unspecified atom stereocenters. The fourth-order valence-corrected chi connectivity index (χ4v) is 4.40. The van der Waals surface area contributed by atoms with Crippen molar-refractivity contribution in [3.63, 3.8) is 0 Å². The molecule has 2 atom stereocenters. The summed E-state index contributed by atoms with van der Waals surface area (Å²) < 4.78 is 0. The first kappa shape index (κ1) is 13.8. The van der Waals surface area contributed by atoms with Crippen LogP contribution in [0, 0.1) is 0 Å². The number of piperazine rings is 1. The third-order valence-corrected chi connectivity index (χ3v) is 5.60. The van der Waals surface area contributed by atoms with Crippen molar-refractivity contribution in [3.05, 3.63) is 0 Å². The van der Waals surface area contributed by atoms with E-state index < -0.39 is 0 Å². The van der Waals surface area contributed by atoms with E-state index >= 15 is 0 Å². The molecule has 0 aromatic rings. The second-order valence-electron chi connectivity index (χ2n) is 6.78. The van der Waals surface area contributed by atoms with Gasteiger partial charge in [-0.2, -0.15) is 0 Å². The first-order valence-corrected chi connectivity index (χ1v) is 8.51. The summed E-state index contributed by atoms with van der Waals surface area (Å²) in [7, 11) is 0. The summed E-state index contributed by atoms with van der Waals surface area (Å²) in [4.78, 5) is 5.30. The number of aliphatic hydroxyl groups is 1. The van der Waals surface area contributed by atoms with Crippen molar-refractivity contribution >= 4 is 0 Å². The van der Waals surface area contributed by atoms with Gasteiger partial charge in [-0.1, -0.05) is 32.1 Å². The molecular formula is C16H30N2O. The number of hydrogen-bond donors (Lipinski definition) is 1. The first-order chi connectivity index (χ1) is 9.34. The van der Waals surface area contributed by atoms with E-state index in [2.05, 4.69) is 9.80 Å². The Bertz CT molecular complexity index is 270. The predicted octanol–water partition coefficient (Wildman–Crippen LogP) is 2.24. The lowest BCUT2D eigenvalue weighted by Gasteiger charge is -2.42. The fraction of sp³-hybridized carbons (Fsp3) is 1.00. The van der Waals surface area contributed by atoms with Crippen LogP contribution in [0.4, 0.5) is 0 Å². The van der Waals surface area contributed by atoms with Crippen molar-refractivity contribution in [2.75, 3.05) is 26.2 Å². The van der Waals surface area contributed by atoms with Gasteiger partial charge in [0, 0.05) is 38.3 Å². The highest BCUT2D eigenvalue weighted by Crippen LogP contribution is 2.27. The summed E-state index contributed by atoms with van der Waals surface area (Å²) in [6.45, 7) is 4.82. The second kappa shape index (κ2) is 6.55. The van der Waals surface area contributed by atoms with Crippen LogP contribution >= 0.6 is 0 Å². The van der Waals surface area contributed by atoms with Gasteiger partial charge in [0.05, 0.1) is 6.10 Å². The molecule has 0 aromatic carbocycles. The molecule has 0 spiro atoms. The van der Waals surface area contributed by atoms with Gasteiger partial charge in [-0.3, -0.25) is 9.80 Å². The summed E-state index contributed by atoms with van der Waals surface area (Å²) in [6.07, 6.45) is 11.7. The molecule has 0 amide bonds. The van der Waals surface area contributed by atoms with Crippen molar-refractivity contribution in [1.29, 1.82) is 0 Å². The Labute approximate surface area is 118 Å². The highest BCUT2D eigenvalue weighted by Gasteiger charge is 2.32. The zero-order valence-electron chi connectivity index (χ0n) is 12.3. The van der Waals surface area contributed by atoms with Gasteiger partial charge in [0.1, 0.15) is 0 Å². The lowest BCUT2D eigenvalue weighted by atomic mass is 10.0. The lowest BCUT2D eigenvalue weighted by Crippen LogP contribution is -2.55. The Kier molecular flexibility index (Phi) is 4.78. The predicted molar refractivity (Wildman–Crippen MR) is 78.3 cm³/mol. The monoisotopic (exact) mass is 266 g/mol. The molecule has 2 saturated carbocycles. The Balaban J connectivity index is 1.51. The standard InChI is InChI=1S/C16H30N2O/c19-16-9-3-1-2-8-15(16)18-12-10-17(11-13-18)14-6-4-5-7-14/h14-16,19H,1-13H2. The third kappa shape index (κ3) is 3.32. The first-order valence-electron chi connectivity index (χ1n) is 8.51. The maximum Gasteiger partial charge on any atom is 0.0695 e. The zero-order valence-corrected chi connectivity index (χ0v) is 12.3. The molecule has 1 N–H and O–H groups in total. The fourth-order valence-electron chi connectivity index (χ4n) is 4.40. The molecule has 3 aliphatic rings. The molecule has 0 bridgehead atoms. The second-order valence-corrected chi connectivity index (χ2v) is 6.78. The molecule has 0 radical (unpaired) electrons. The highest BCUT2D eigenvalue weighted by atomic mass is 16.3. The van der Waals surface area contributed by atoms with Crippen molar-refractivity contribution in [2.45, 2.75) is 76.0 Å². The minimum Gasteiger partial charge on any atom is -0.391 e. The highest BCUT2D eigenvalue weighted by molar-refractivity contribution is 4.87. The van der Waals surface area contributed by atoms with E-state index in [1.165, 1.54) is 77.5 Å². The van der Waals surface area contributed by atoms with Gasteiger partial charge in [0.2, 0.25) is 0 Å². The Morgan fingerprint density at radius 3 is 1.95 bits per heavy atom. The smallest absolute Gasteiger partial charge is 0.0695 e. The maximum absolute atomic E-state index is 10.3. The molecule has 3 nitrogen and oxygen atoms in total.